The van der Waals surface area contributed by atoms with Crippen LogP contribution in [0.2, 0.25) is 0 Å². The van der Waals surface area contributed by atoms with Crippen LogP contribution in [0.1, 0.15) is 32.3 Å². The van der Waals surface area contributed by atoms with Gasteiger partial charge in [0.1, 0.15) is 0 Å². The number of hydrogen-bond acceptors (Lipinski definition) is 2. The maximum absolute atomic E-state index is 12.4. The van der Waals surface area contributed by atoms with Gasteiger partial charge in [0.15, 0.2) is 9.84 Å². The van der Waals surface area contributed by atoms with Gasteiger partial charge < -0.3 is 0 Å². The first-order valence-electron chi connectivity index (χ1n) is 7.02. The minimum atomic E-state index is -3.30. The monoisotopic (exact) mass is 326 g/mol. The van der Waals surface area contributed by atoms with E-state index in [9.17, 15) is 8.42 Å². The number of rotatable bonds is 7. The van der Waals surface area contributed by atoms with Crippen molar-refractivity contribution in [2.45, 2.75) is 38.5 Å². The predicted octanol–water partition coefficient (Wildman–Crippen LogP) is 4.68. The van der Waals surface area contributed by atoms with Gasteiger partial charge in [0.25, 0.3) is 0 Å². The maximum Gasteiger partial charge on any atom is 0.182 e. The van der Waals surface area contributed by atoms with Crippen LogP contribution in [0.5, 0.6) is 0 Å². The summed E-state index contributed by atoms with van der Waals surface area (Å²) in [6, 6.07) is 6.97. The Hall–Kier alpha value is -1.06. The molecule has 0 spiro atoms. The highest BCUT2D eigenvalue weighted by atomic mass is 35.5. The molecule has 21 heavy (non-hydrogen) atoms. The van der Waals surface area contributed by atoms with Crippen LogP contribution in [-0.4, -0.2) is 20.1 Å². The van der Waals surface area contributed by atoms with Crippen molar-refractivity contribution < 1.29 is 8.42 Å². The van der Waals surface area contributed by atoms with Gasteiger partial charge >= 0.3 is 0 Å². The molecule has 0 atom stereocenters. The quantitative estimate of drug-likeness (QED) is 0.538. The number of sulfone groups is 1. The smallest absolute Gasteiger partial charge is 0.182 e. The van der Waals surface area contributed by atoms with Crippen LogP contribution < -0.4 is 0 Å². The molecule has 0 aliphatic carbocycles. The molecule has 0 saturated carbocycles. The molecule has 0 amide bonds. The summed E-state index contributed by atoms with van der Waals surface area (Å²) in [5, 5.41) is 0. The Bertz CT molecular complexity index is 607. The summed E-state index contributed by atoms with van der Waals surface area (Å²) in [6.07, 6.45) is 5.40. The number of alkyl halides is 1. The largest absolute Gasteiger partial charge is 0.223 e. The topological polar surface area (TPSA) is 34.1 Å². The molecule has 1 aromatic rings. The van der Waals surface area contributed by atoms with Gasteiger partial charge in [-0.2, -0.15) is 0 Å². The van der Waals surface area contributed by atoms with Crippen LogP contribution >= 0.6 is 11.6 Å². The number of halogens is 1. The Balaban J connectivity index is 2.91. The zero-order valence-corrected chi connectivity index (χ0v) is 14.5. The van der Waals surface area contributed by atoms with Gasteiger partial charge in [-0.05, 0) is 45.7 Å². The second kappa shape index (κ2) is 8.40. The summed E-state index contributed by atoms with van der Waals surface area (Å²) in [7, 11) is -3.30. The fourth-order valence-corrected chi connectivity index (χ4v) is 3.60. The first-order chi connectivity index (χ1) is 9.85. The van der Waals surface area contributed by atoms with Gasteiger partial charge in [-0.15, -0.1) is 11.6 Å². The van der Waals surface area contributed by atoms with Crippen LogP contribution in [0, 0.1) is 6.92 Å². The lowest BCUT2D eigenvalue weighted by Gasteiger charge is -2.08. The average Bonchev–Trinajstić information content (AvgIpc) is 2.38. The fourth-order valence-electron chi connectivity index (χ4n) is 1.89. The Morgan fingerprint density at radius 1 is 1.14 bits per heavy atom. The molecule has 0 radical (unpaired) electrons. The molecule has 0 bridgehead atoms. The standard InChI is InChI=1S/C17H23ClO2S/c1-14(2)5-4-6-16(11-12-18)13-21(19,20)17-9-7-15(3)8-10-17/h5-10H,4,11-13H2,1-3H3/b16-6+. The zero-order valence-electron chi connectivity index (χ0n) is 12.9. The highest BCUT2D eigenvalue weighted by molar-refractivity contribution is 7.91. The molecule has 0 aliphatic rings. The fraction of sp³-hybridized carbons (Fsp3) is 0.412. The molecule has 0 aromatic heterocycles. The van der Waals surface area contributed by atoms with Crippen LogP contribution in [0.15, 0.2) is 52.5 Å². The molecule has 116 valence electrons. The van der Waals surface area contributed by atoms with E-state index in [4.69, 9.17) is 11.6 Å². The van der Waals surface area contributed by atoms with E-state index in [-0.39, 0.29) is 5.75 Å². The Morgan fingerprint density at radius 3 is 2.29 bits per heavy atom. The van der Waals surface area contributed by atoms with E-state index in [1.807, 2.05) is 39.0 Å². The van der Waals surface area contributed by atoms with E-state index in [0.717, 1.165) is 17.6 Å². The van der Waals surface area contributed by atoms with Gasteiger partial charge in [-0.25, -0.2) is 8.42 Å². The third-order valence-electron chi connectivity index (χ3n) is 3.10. The van der Waals surface area contributed by atoms with Crippen LogP contribution in [0.4, 0.5) is 0 Å². The van der Waals surface area contributed by atoms with Crippen molar-refractivity contribution in [3.63, 3.8) is 0 Å². The minimum absolute atomic E-state index is 0.0411. The predicted molar refractivity (Wildman–Crippen MR) is 90.7 cm³/mol. The molecule has 0 N–H and O–H groups in total. The highest BCUT2D eigenvalue weighted by Gasteiger charge is 2.16. The summed E-state index contributed by atoms with van der Waals surface area (Å²) in [5.41, 5.74) is 3.15. The summed E-state index contributed by atoms with van der Waals surface area (Å²) in [4.78, 5) is 0.371. The number of benzene rings is 1. The summed E-state index contributed by atoms with van der Waals surface area (Å²) < 4.78 is 24.9. The molecule has 0 aliphatic heterocycles. The van der Waals surface area contributed by atoms with E-state index in [1.54, 1.807) is 12.1 Å². The van der Waals surface area contributed by atoms with Crippen molar-refractivity contribution >= 4 is 21.4 Å². The number of aryl methyl sites for hydroxylation is 1. The Labute approximate surface area is 133 Å². The van der Waals surface area contributed by atoms with Gasteiger partial charge in [-0.3, -0.25) is 0 Å². The summed E-state index contributed by atoms with van der Waals surface area (Å²) in [5.74, 6) is 0.476. The lowest BCUT2D eigenvalue weighted by atomic mass is 10.1. The zero-order chi connectivity index (χ0) is 15.9. The second-order valence-corrected chi connectivity index (χ2v) is 7.76. The highest BCUT2D eigenvalue weighted by Crippen LogP contribution is 2.17. The molecule has 0 fully saturated rings. The lowest BCUT2D eigenvalue weighted by Crippen LogP contribution is -2.09. The van der Waals surface area contributed by atoms with Gasteiger partial charge in [0.05, 0.1) is 10.6 Å². The van der Waals surface area contributed by atoms with Gasteiger partial charge in [-0.1, -0.05) is 41.0 Å². The van der Waals surface area contributed by atoms with Crippen molar-refractivity contribution in [3.05, 3.63) is 53.1 Å². The number of hydrogen-bond donors (Lipinski definition) is 0. The molecule has 1 rings (SSSR count). The van der Waals surface area contributed by atoms with Crippen LogP contribution in [0.25, 0.3) is 0 Å². The first kappa shape index (κ1) is 18.0. The normalized spacial score (nSPS) is 12.3. The first-order valence-corrected chi connectivity index (χ1v) is 9.20. The molecule has 2 nitrogen and oxygen atoms in total. The van der Waals surface area contributed by atoms with Gasteiger partial charge in [0, 0.05) is 5.88 Å². The SMILES string of the molecule is CC(C)=CC/C=C(\CCCl)CS(=O)(=O)c1ccc(C)cc1. The molecule has 0 heterocycles. The molecule has 0 unspecified atom stereocenters. The number of allylic oxidation sites excluding steroid dienone is 3. The van der Waals surface area contributed by atoms with Crippen molar-refractivity contribution in [2.24, 2.45) is 0 Å². The Morgan fingerprint density at radius 2 is 1.76 bits per heavy atom. The Kier molecular flexibility index (Phi) is 7.20. The average molecular weight is 327 g/mol. The van der Waals surface area contributed by atoms with Crippen LogP contribution in [-0.2, 0) is 9.84 Å². The second-order valence-electron chi connectivity index (χ2n) is 5.39. The van der Waals surface area contributed by atoms with Gasteiger partial charge in [0.2, 0.25) is 0 Å². The third-order valence-corrected chi connectivity index (χ3v) is 5.03. The maximum atomic E-state index is 12.4. The molecular weight excluding hydrogens is 304 g/mol. The van der Waals surface area contributed by atoms with Crippen molar-refractivity contribution in [1.82, 2.24) is 0 Å². The lowest BCUT2D eigenvalue weighted by molar-refractivity contribution is 0.597. The van der Waals surface area contributed by atoms with E-state index in [0.29, 0.717) is 17.2 Å². The molecule has 0 saturated heterocycles. The molecular formula is C17H23ClO2S. The van der Waals surface area contributed by atoms with Crippen LogP contribution in [0.3, 0.4) is 0 Å². The van der Waals surface area contributed by atoms with E-state index < -0.39 is 9.84 Å². The third kappa shape index (κ3) is 6.49. The summed E-state index contributed by atoms with van der Waals surface area (Å²) in [6.45, 7) is 5.99. The summed E-state index contributed by atoms with van der Waals surface area (Å²) >= 11 is 5.78. The van der Waals surface area contributed by atoms with Crippen molar-refractivity contribution in [1.29, 1.82) is 0 Å². The van der Waals surface area contributed by atoms with E-state index in [2.05, 4.69) is 6.08 Å². The molecule has 1 aromatic carbocycles. The minimum Gasteiger partial charge on any atom is -0.223 e. The molecule has 4 heteroatoms. The van der Waals surface area contributed by atoms with E-state index in [1.165, 1.54) is 5.57 Å². The van der Waals surface area contributed by atoms with Crippen molar-refractivity contribution in [2.75, 3.05) is 11.6 Å². The van der Waals surface area contributed by atoms with E-state index >= 15 is 0 Å². The van der Waals surface area contributed by atoms with Crippen molar-refractivity contribution in [3.8, 4) is 0 Å².